The third-order valence-corrected chi connectivity index (χ3v) is 3.42. The van der Waals surface area contributed by atoms with Crippen LogP contribution in [0.3, 0.4) is 0 Å². The lowest BCUT2D eigenvalue weighted by Crippen LogP contribution is -2.38. The van der Waals surface area contributed by atoms with Crippen LogP contribution in [0.25, 0.3) is 0 Å². The highest BCUT2D eigenvalue weighted by Gasteiger charge is 2.33. The number of carbonyl (C=O) groups excluding carboxylic acids is 1. The topological polar surface area (TPSA) is 38.3 Å². The smallest absolute Gasteiger partial charge is 0.407 e. The highest BCUT2D eigenvalue weighted by atomic mass is 16.6. The minimum atomic E-state index is -0.292. The van der Waals surface area contributed by atoms with Gasteiger partial charge < -0.3 is 10.1 Å². The standard InChI is InChI=1S/C12H23NO2/c1-8(2)10-6-5-9(3)7-11(10)15-12(14)13-4/h8-11H,5-7H2,1-4H3,(H,13,14)/t9?,10-,11?/m0/s1. The zero-order valence-electron chi connectivity index (χ0n) is 10.2. The van der Waals surface area contributed by atoms with Crippen molar-refractivity contribution in [1.29, 1.82) is 0 Å². The first-order valence-corrected chi connectivity index (χ1v) is 5.93. The molecule has 0 aromatic rings. The highest BCUT2D eigenvalue weighted by molar-refractivity contribution is 5.66. The van der Waals surface area contributed by atoms with Crippen molar-refractivity contribution >= 4 is 6.09 Å². The van der Waals surface area contributed by atoms with E-state index in [1.807, 2.05) is 0 Å². The van der Waals surface area contributed by atoms with Crippen LogP contribution in [0.2, 0.25) is 0 Å². The van der Waals surface area contributed by atoms with Gasteiger partial charge in [-0.15, -0.1) is 0 Å². The highest BCUT2D eigenvalue weighted by Crippen LogP contribution is 2.35. The molecule has 0 heterocycles. The molecule has 88 valence electrons. The summed E-state index contributed by atoms with van der Waals surface area (Å²) in [5.41, 5.74) is 0. The summed E-state index contributed by atoms with van der Waals surface area (Å²) in [5.74, 6) is 1.79. The Morgan fingerprint density at radius 3 is 2.60 bits per heavy atom. The average molecular weight is 213 g/mol. The van der Waals surface area contributed by atoms with Gasteiger partial charge in [-0.2, -0.15) is 0 Å². The Hall–Kier alpha value is -0.730. The molecule has 0 aromatic heterocycles. The molecule has 0 radical (unpaired) electrons. The summed E-state index contributed by atoms with van der Waals surface area (Å²) in [6.07, 6.45) is 3.26. The minimum Gasteiger partial charge on any atom is -0.446 e. The van der Waals surface area contributed by atoms with Gasteiger partial charge in [0.2, 0.25) is 0 Å². The van der Waals surface area contributed by atoms with Crippen LogP contribution in [0, 0.1) is 17.8 Å². The molecule has 1 N–H and O–H groups in total. The molecule has 1 fully saturated rings. The number of ether oxygens (including phenoxy) is 1. The van der Waals surface area contributed by atoms with E-state index in [0.717, 1.165) is 6.42 Å². The predicted molar refractivity (Wildman–Crippen MR) is 60.7 cm³/mol. The van der Waals surface area contributed by atoms with E-state index in [2.05, 4.69) is 26.1 Å². The maximum absolute atomic E-state index is 11.2. The molecule has 1 aliphatic rings. The molecule has 15 heavy (non-hydrogen) atoms. The quantitative estimate of drug-likeness (QED) is 0.766. The number of carbonyl (C=O) groups is 1. The summed E-state index contributed by atoms with van der Waals surface area (Å²) >= 11 is 0. The molecular weight excluding hydrogens is 190 g/mol. The van der Waals surface area contributed by atoms with Crippen molar-refractivity contribution in [2.75, 3.05) is 7.05 Å². The Labute approximate surface area is 92.6 Å². The number of alkyl carbamates (subject to hydrolysis) is 1. The van der Waals surface area contributed by atoms with E-state index in [1.54, 1.807) is 7.05 Å². The summed E-state index contributed by atoms with van der Waals surface area (Å²) in [6, 6.07) is 0. The van der Waals surface area contributed by atoms with Crippen LogP contribution in [0.4, 0.5) is 4.79 Å². The van der Waals surface area contributed by atoms with Crippen molar-refractivity contribution in [1.82, 2.24) is 5.32 Å². The fourth-order valence-electron chi connectivity index (χ4n) is 2.45. The minimum absolute atomic E-state index is 0.105. The van der Waals surface area contributed by atoms with Gasteiger partial charge in [-0.05, 0) is 30.6 Å². The third-order valence-electron chi connectivity index (χ3n) is 3.42. The number of hydrogen-bond acceptors (Lipinski definition) is 2. The molecule has 0 spiro atoms. The van der Waals surface area contributed by atoms with Gasteiger partial charge in [0.15, 0.2) is 0 Å². The number of nitrogens with one attached hydrogen (secondary N) is 1. The van der Waals surface area contributed by atoms with Crippen molar-refractivity contribution in [3.63, 3.8) is 0 Å². The van der Waals surface area contributed by atoms with Crippen molar-refractivity contribution in [2.24, 2.45) is 17.8 Å². The Morgan fingerprint density at radius 1 is 1.40 bits per heavy atom. The summed E-state index contributed by atoms with van der Waals surface area (Å²) in [7, 11) is 1.61. The van der Waals surface area contributed by atoms with Crippen LogP contribution in [0.5, 0.6) is 0 Å². The molecule has 3 heteroatoms. The van der Waals surface area contributed by atoms with Gasteiger partial charge >= 0.3 is 6.09 Å². The van der Waals surface area contributed by atoms with Crippen LogP contribution < -0.4 is 5.32 Å². The summed E-state index contributed by atoms with van der Waals surface area (Å²) in [4.78, 5) is 11.2. The van der Waals surface area contributed by atoms with Crippen LogP contribution in [-0.2, 0) is 4.74 Å². The number of rotatable bonds is 2. The van der Waals surface area contributed by atoms with Gasteiger partial charge in [-0.25, -0.2) is 4.79 Å². The van der Waals surface area contributed by atoms with E-state index in [4.69, 9.17) is 4.74 Å². The normalized spacial score (nSPS) is 31.4. The summed E-state index contributed by atoms with van der Waals surface area (Å²) in [6.45, 7) is 6.65. The SMILES string of the molecule is CNC(=O)OC1CC(C)CC[C@H]1C(C)C. The Kier molecular flexibility index (Phi) is 4.43. The zero-order valence-corrected chi connectivity index (χ0v) is 10.2. The average Bonchev–Trinajstić information content (AvgIpc) is 2.17. The predicted octanol–water partition coefficient (Wildman–Crippen LogP) is 2.80. The van der Waals surface area contributed by atoms with Crippen LogP contribution in [-0.4, -0.2) is 19.2 Å². The fraction of sp³-hybridized carbons (Fsp3) is 0.917. The molecule has 0 saturated heterocycles. The molecule has 0 bridgehead atoms. The summed E-state index contributed by atoms with van der Waals surface area (Å²) < 4.78 is 5.43. The zero-order chi connectivity index (χ0) is 11.4. The Bertz CT molecular complexity index is 216. The lowest BCUT2D eigenvalue weighted by atomic mass is 9.75. The molecular formula is C12H23NO2. The maximum atomic E-state index is 11.2. The van der Waals surface area contributed by atoms with Crippen molar-refractivity contribution < 1.29 is 9.53 Å². The van der Waals surface area contributed by atoms with Gasteiger partial charge in [0.05, 0.1) is 0 Å². The van der Waals surface area contributed by atoms with Crippen LogP contribution >= 0.6 is 0 Å². The molecule has 1 amide bonds. The van der Waals surface area contributed by atoms with E-state index >= 15 is 0 Å². The largest absolute Gasteiger partial charge is 0.446 e. The molecule has 3 atom stereocenters. The van der Waals surface area contributed by atoms with Gasteiger partial charge in [0.1, 0.15) is 6.10 Å². The van der Waals surface area contributed by atoms with Crippen LogP contribution in [0.15, 0.2) is 0 Å². The fourth-order valence-corrected chi connectivity index (χ4v) is 2.45. The van der Waals surface area contributed by atoms with E-state index in [-0.39, 0.29) is 12.2 Å². The Balaban J connectivity index is 2.57. The molecule has 0 aromatic carbocycles. The van der Waals surface area contributed by atoms with Crippen molar-refractivity contribution in [3.05, 3.63) is 0 Å². The molecule has 1 aliphatic carbocycles. The van der Waals surface area contributed by atoms with Crippen molar-refractivity contribution in [3.8, 4) is 0 Å². The lowest BCUT2D eigenvalue weighted by Gasteiger charge is -2.36. The van der Waals surface area contributed by atoms with Crippen LogP contribution in [0.1, 0.15) is 40.0 Å². The lowest BCUT2D eigenvalue weighted by molar-refractivity contribution is 0.00703. The molecule has 2 unspecified atom stereocenters. The number of hydrogen-bond donors (Lipinski definition) is 1. The second-order valence-electron chi connectivity index (χ2n) is 5.02. The molecule has 1 rings (SSSR count). The third kappa shape index (κ3) is 3.40. The van der Waals surface area contributed by atoms with Crippen molar-refractivity contribution in [2.45, 2.75) is 46.1 Å². The van der Waals surface area contributed by atoms with Gasteiger partial charge in [0.25, 0.3) is 0 Å². The van der Waals surface area contributed by atoms with E-state index in [0.29, 0.717) is 17.8 Å². The van der Waals surface area contributed by atoms with Gasteiger partial charge in [-0.1, -0.05) is 27.2 Å². The molecule has 0 aliphatic heterocycles. The Morgan fingerprint density at radius 2 is 2.07 bits per heavy atom. The first-order chi connectivity index (χ1) is 7.04. The first kappa shape index (κ1) is 12.3. The van der Waals surface area contributed by atoms with Gasteiger partial charge in [0, 0.05) is 7.05 Å². The second-order valence-corrected chi connectivity index (χ2v) is 5.02. The second kappa shape index (κ2) is 5.38. The van der Waals surface area contributed by atoms with E-state index < -0.39 is 0 Å². The monoisotopic (exact) mass is 213 g/mol. The van der Waals surface area contributed by atoms with Gasteiger partial charge in [-0.3, -0.25) is 0 Å². The molecule has 1 saturated carbocycles. The molecule has 3 nitrogen and oxygen atoms in total. The summed E-state index contributed by atoms with van der Waals surface area (Å²) in [5, 5.41) is 2.53. The number of amides is 1. The van der Waals surface area contributed by atoms with E-state index in [9.17, 15) is 4.79 Å². The maximum Gasteiger partial charge on any atom is 0.407 e. The van der Waals surface area contributed by atoms with E-state index in [1.165, 1.54) is 12.8 Å². The first-order valence-electron chi connectivity index (χ1n) is 5.93.